The van der Waals surface area contributed by atoms with E-state index in [1.54, 1.807) is 0 Å². The van der Waals surface area contributed by atoms with Crippen molar-refractivity contribution in [1.29, 1.82) is 0 Å². The Labute approximate surface area is 206 Å². The van der Waals surface area contributed by atoms with E-state index in [4.69, 9.17) is 9.47 Å². The lowest BCUT2D eigenvalue weighted by Crippen LogP contribution is -2.68. The largest absolute Gasteiger partial charge is 0.457 e. The van der Waals surface area contributed by atoms with Gasteiger partial charge in [0.25, 0.3) is 0 Å². The van der Waals surface area contributed by atoms with Gasteiger partial charge in [0.1, 0.15) is 17.6 Å². The first-order valence-electron chi connectivity index (χ1n) is 12.7. The minimum absolute atomic E-state index is 0.0120. The lowest BCUT2D eigenvalue weighted by molar-refractivity contribution is -0.187. The number of hydrogen-bond donors (Lipinski definition) is 0. The fourth-order valence-corrected chi connectivity index (χ4v) is 8.33. The maximum Gasteiger partial charge on any atom is 0.331 e. The molecule has 1 saturated heterocycles. The quantitative estimate of drug-likeness (QED) is 0.276. The zero-order valence-electron chi connectivity index (χ0n) is 20.6. The van der Waals surface area contributed by atoms with Crippen LogP contribution in [-0.2, 0) is 23.9 Å². The summed E-state index contributed by atoms with van der Waals surface area (Å²) >= 11 is 0. The van der Waals surface area contributed by atoms with Crippen LogP contribution in [0.15, 0.2) is 60.7 Å². The number of ketones is 2. The van der Waals surface area contributed by atoms with Gasteiger partial charge in [0.05, 0.1) is 6.61 Å². The first-order valence-corrected chi connectivity index (χ1v) is 12.7. The highest BCUT2D eigenvalue weighted by Crippen LogP contribution is 2.71. The summed E-state index contributed by atoms with van der Waals surface area (Å²) in [6.07, 6.45) is 6.65. The fraction of sp³-hybridized carbons (Fsp3) is 0.500. The molecule has 5 aliphatic rings. The molecule has 0 radical (unpaired) electrons. The van der Waals surface area contributed by atoms with Crippen molar-refractivity contribution in [1.82, 2.24) is 0 Å². The molecule has 1 aromatic carbocycles. The van der Waals surface area contributed by atoms with Crippen LogP contribution >= 0.6 is 0 Å². The van der Waals surface area contributed by atoms with E-state index in [0.29, 0.717) is 18.6 Å². The van der Waals surface area contributed by atoms with Gasteiger partial charge < -0.3 is 9.47 Å². The Balaban J connectivity index is 1.43. The number of esters is 1. The maximum absolute atomic E-state index is 14.3. The van der Waals surface area contributed by atoms with Crippen molar-refractivity contribution < 1.29 is 23.9 Å². The summed E-state index contributed by atoms with van der Waals surface area (Å²) in [6, 6.07) is 9.61. The molecule has 7 atom stereocenters. The zero-order chi connectivity index (χ0) is 24.8. The molecular formula is C30H32O5. The van der Waals surface area contributed by atoms with Crippen LogP contribution in [0.3, 0.4) is 0 Å². The number of benzene rings is 1. The van der Waals surface area contributed by atoms with Gasteiger partial charge in [-0.25, -0.2) is 4.79 Å². The van der Waals surface area contributed by atoms with Crippen LogP contribution in [0.1, 0.15) is 45.6 Å². The highest BCUT2D eigenvalue weighted by molar-refractivity contribution is 6.20. The summed E-state index contributed by atoms with van der Waals surface area (Å²) in [5.41, 5.74) is 0.183. The second-order valence-corrected chi connectivity index (χ2v) is 11.8. The summed E-state index contributed by atoms with van der Waals surface area (Å²) in [5.74, 6) is -1.53. The molecule has 1 heterocycles. The third-order valence-electron chi connectivity index (χ3n) is 9.68. The van der Waals surface area contributed by atoms with Gasteiger partial charge in [0.2, 0.25) is 0 Å². The van der Waals surface area contributed by atoms with Crippen molar-refractivity contribution in [2.75, 3.05) is 6.61 Å². The van der Waals surface area contributed by atoms with E-state index in [1.807, 2.05) is 37.3 Å². The molecule has 0 unspecified atom stereocenters. The molecule has 0 amide bonds. The molecule has 35 heavy (non-hydrogen) atoms. The molecular weight excluding hydrogens is 440 g/mol. The Morgan fingerprint density at radius 3 is 2.66 bits per heavy atom. The number of hydrogen-bond acceptors (Lipinski definition) is 5. The monoisotopic (exact) mass is 472 g/mol. The number of rotatable bonds is 3. The van der Waals surface area contributed by atoms with Crippen LogP contribution in [0.25, 0.3) is 5.57 Å². The smallest absolute Gasteiger partial charge is 0.331 e. The second-order valence-electron chi connectivity index (χ2n) is 11.8. The molecule has 4 fully saturated rings. The van der Waals surface area contributed by atoms with Crippen LogP contribution in [0.4, 0.5) is 0 Å². The minimum atomic E-state index is -1.40. The Hall–Kier alpha value is -2.79. The summed E-state index contributed by atoms with van der Waals surface area (Å²) in [4.78, 5) is 41.4. The SMILES string of the molecule is C=C1C(=O)[C@@]23C(=O)[C@@H]4OC[C@]5(C=CCC(C)(C)[C@@H]45)[C@@H]2CC[C@@H]1[C@H]3OC(=O)/C=C(\C)c1ccccc1. The number of fused-ring (bicyclic) bond motifs is 1. The molecule has 4 aliphatic carbocycles. The van der Waals surface area contributed by atoms with Crippen molar-refractivity contribution in [3.8, 4) is 0 Å². The van der Waals surface area contributed by atoms with Crippen molar-refractivity contribution in [3.63, 3.8) is 0 Å². The standard InChI is InChI=1S/C30H32O5/c1-17(19-9-6-5-7-10-19)15-22(31)35-27-20-11-12-21-29-14-8-13-28(3,4)24(29)23(34-16-29)26(33)30(21,27)25(32)18(20)2/h5-10,14-15,20-21,23-24,27H,2,11-13,16H2,1,3-4H3/b17-15+/t20-,21-,23+,24+,27+,29+,30+/m0/s1. The fourth-order valence-electron chi connectivity index (χ4n) is 8.33. The van der Waals surface area contributed by atoms with E-state index in [2.05, 4.69) is 32.6 Å². The topological polar surface area (TPSA) is 69.7 Å². The normalized spacial score (nSPS) is 40.9. The van der Waals surface area contributed by atoms with Crippen LogP contribution in [0.5, 0.6) is 0 Å². The van der Waals surface area contributed by atoms with Crippen LogP contribution < -0.4 is 0 Å². The van der Waals surface area contributed by atoms with Gasteiger partial charge in [-0.2, -0.15) is 0 Å². The summed E-state index contributed by atoms with van der Waals surface area (Å²) in [6.45, 7) is 10.8. The van der Waals surface area contributed by atoms with Crippen molar-refractivity contribution >= 4 is 23.1 Å². The number of allylic oxidation sites excluding steroid dienone is 2. The molecule has 5 nitrogen and oxygen atoms in total. The maximum atomic E-state index is 14.3. The van der Waals surface area contributed by atoms with Crippen LogP contribution in [0, 0.1) is 34.0 Å². The molecule has 0 N–H and O–H groups in total. The lowest BCUT2D eigenvalue weighted by atomic mass is 9.41. The number of Topliss-reactive ketones (excluding diaryl/α,β-unsaturated/α-hetero) is 2. The van der Waals surface area contributed by atoms with Gasteiger partial charge >= 0.3 is 5.97 Å². The summed E-state index contributed by atoms with van der Waals surface area (Å²) in [5, 5.41) is 0. The third-order valence-corrected chi connectivity index (χ3v) is 9.68. The molecule has 6 rings (SSSR count). The highest BCUT2D eigenvalue weighted by Gasteiger charge is 2.80. The van der Waals surface area contributed by atoms with E-state index < -0.39 is 29.0 Å². The van der Waals surface area contributed by atoms with E-state index >= 15 is 0 Å². The molecule has 1 aliphatic heterocycles. The van der Waals surface area contributed by atoms with Crippen LogP contribution in [0.2, 0.25) is 0 Å². The molecule has 3 saturated carbocycles. The highest BCUT2D eigenvalue weighted by atomic mass is 16.5. The molecule has 4 bridgehead atoms. The number of carbonyl (C=O) groups excluding carboxylic acids is 3. The Morgan fingerprint density at radius 1 is 1.17 bits per heavy atom. The Morgan fingerprint density at radius 2 is 1.91 bits per heavy atom. The van der Waals surface area contributed by atoms with Gasteiger partial charge in [-0.05, 0) is 54.2 Å². The molecule has 0 aromatic heterocycles. The lowest BCUT2D eigenvalue weighted by Gasteiger charge is -2.59. The van der Waals surface area contributed by atoms with E-state index in [9.17, 15) is 14.4 Å². The summed E-state index contributed by atoms with van der Waals surface area (Å²) < 4.78 is 12.3. The average molecular weight is 473 g/mol. The first-order chi connectivity index (χ1) is 16.6. The minimum Gasteiger partial charge on any atom is -0.457 e. The summed E-state index contributed by atoms with van der Waals surface area (Å²) in [7, 11) is 0. The van der Waals surface area contributed by atoms with Gasteiger partial charge in [-0.15, -0.1) is 0 Å². The Kier molecular flexibility index (Phi) is 4.77. The Bertz CT molecular complexity index is 1210. The predicted molar refractivity (Wildman–Crippen MR) is 131 cm³/mol. The molecule has 1 spiro atoms. The van der Waals surface area contributed by atoms with Crippen molar-refractivity contribution in [3.05, 3.63) is 66.3 Å². The first kappa shape index (κ1) is 22.7. The third kappa shape index (κ3) is 2.76. The predicted octanol–water partition coefficient (Wildman–Crippen LogP) is 4.72. The van der Waals surface area contributed by atoms with Gasteiger partial charge in [0.15, 0.2) is 11.6 Å². The molecule has 1 aromatic rings. The van der Waals surface area contributed by atoms with Gasteiger partial charge in [-0.1, -0.05) is 62.9 Å². The van der Waals surface area contributed by atoms with Gasteiger partial charge in [0, 0.05) is 23.3 Å². The van der Waals surface area contributed by atoms with Gasteiger partial charge in [-0.3, -0.25) is 9.59 Å². The van der Waals surface area contributed by atoms with E-state index in [-0.39, 0.29) is 34.7 Å². The molecule has 5 heteroatoms. The van der Waals surface area contributed by atoms with E-state index in [1.165, 1.54) is 6.08 Å². The van der Waals surface area contributed by atoms with Crippen molar-refractivity contribution in [2.45, 2.75) is 52.2 Å². The second kappa shape index (κ2) is 7.36. The van der Waals surface area contributed by atoms with E-state index in [0.717, 1.165) is 24.0 Å². The number of carbonyl (C=O) groups is 3. The van der Waals surface area contributed by atoms with Crippen LogP contribution in [-0.4, -0.2) is 36.4 Å². The average Bonchev–Trinajstić information content (AvgIpc) is 3.25. The molecule has 182 valence electrons. The zero-order valence-corrected chi connectivity index (χ0v) is 20.6. The number of ether oxygens (including phenoxy) is 2. The van der Waals surface area contributed by atoms with Crippen molar-refractivity contribution in [2.24, 2.45) is 34.0 Å².